The third-order valence-corrected chi connectivity index (χ3v) is 2.22. The maximum Gasteiger partial charge on any atom is 0.112 e. The minimum absolute atomic E-state index is 0.123. The number of rotatable bonds is 1. The first-order chi connectivity index (χ1) is 6.36. The highest BCUT2D eigenvalue weighted by molar-refractivity contribution is 5.08. The van der Waals surface area contributed by atoms with Crippen LogP contribution in [0.3, 0.4) is 0 Å². The van der Waals surface area contributed by atoms with Crippen molar-refractivity contribution >= 4 is 0 Å². The maximum absolute atomic E-state index is 5.65. The van der Waals surface area contributed by atoms with Crippen molar-refractivity contribution in [3.05, 3.63) is 30.1 Å². The summed E-state index contributed by atoms with van der Waals surface area (Å²) in [5.41, 5.74) is 1.02. The Morgan fingerprint density at radius 3 is 3.08 bits per heavy atom. The highest BCUT2D eigenvalue weighted by atomic mass is 16.5. The number of aromatic nitrogens is 1. The Labute approximate surface area is 78.1 Å². The molecule has 1 aliphatic rings. The van der Waals surface area contributed by atoms with E-state index < -0.39 is 0 Å². The molecule has 3 heteroatoms. The van der Waals surface area contributed by atoms with Gasteiger partial charge in [0.15, 0.2) is 0 Å². The molecule has 0 spiro atoms. The Morgan fingerprint density at radius 2 is 2.46 bits per heavy atom. The molecule has 3 nitrogen and oxygen atoms in total. The fraction of sp³-hybridized carbons (Fsp3) is 0.500. The van der Waals surface area contributed by atoms with Crippen LogP contribution in [0, 0.1) is 0 Å². The summed E-state index contributed by atoms with van der Waals surface area (Å²) in [6.07, 6.45) is 1.92. The fourth-order valence-electron chi connectivity index (χ4n) is 1.44. The van der Waals surface area contributed by atoms with Crippen LogP contribution >= 0.6 is 0 Å². The Hall–Kier alpha value is -0.930. The number of ether oxygens (including phenoxy) is 1. The molecule has 2 atom stereocenters. The summed E-state index contributed by atoms with van der Waals surface area (Å²) < 4.78 is 5.65. The van der Waals surface area contributed by atoms with Crippen LogP contribution in [-0.2, 0) is 4.74 Å². The summed E-state index contributed by atoms with van der Waals surface area (Å²) in [5, 5.41) is 3.37. The van der Waals surface area contributed by atoms with Gasteiger partial charge in [-0.15, -0.1) is 0 Å². The monoisotopic (exact) mass is 178 g/mol. The SMILES string of the molecule is CC1COC(c2ccccn2)CN1. The average Bonchev–Trinajstić information content (AvgIpc) is 2.20. The Balaban J connectivity index is 2.03. The first-order valence-corrected chi connectivity index (χ1v) is 4.62. The lowest BCUT2D eigenvalue weighted by Crippen LogP contribution is -2.40. The van der Waals surface area contributed by atoms with Gasteiger partial charge in [-0.1, -0.05) is 6.07 Å². The van der Waals surface area contributed by atoms with Crippen LogP contribution in [0.4, 0.5) is 0 Å². The first-order valence-electron chi connectivity index (χ1n) is 4.62. The number of nitrogens with one attached hydrogen (secondary N) is 1. The fourth-order valence-corrected chi connectivity index (χ4v) is 1.44. The molecule has 2 unspecified atom stereocenters. The summed E-state index contributed by atoms with van der Waals surface area (Å²) in [5.74, 6) is 0. The molecule has 13 heavy (non-hydrogen) atoms. The number of hydrogen-bond acceptors (Lipinski definition) is 3. The standard InChI is InChI=1S/C10H14N2O/c1-8-7-13-10(6-12-8)9-4-2-3-5-11-9/h2-5,8,10,12H,6-7H2,1H3. The van der Waals surface area contributed by atoms with E-state index in [4.69, 9.17) is 4.74 Å². The molecule has 1 fully saturated rings. The van der Waals surface area contributed by atoms with E-state index in [0.717, 1.165) is 18.8 Å². The van der Waals surface area contributed by atoms with Crippen molar-refractivity contribution in [3.8, 4) is 0 Å². The van der Waals surface area contributed by atoms with Gasteiger partial charge in [-0.3, -0.25) is 4.98 Å². The second-order valence-electron chi connectivity index (χ2n) is 3.39. The highest BCUT2D eigenvalue weighted by Crippen LogP contribution is 2.16. The van der Waals surface area contributed by atoms with E-state index >= 15 is 0 Å². The summed E-state index contributed by atoms with van der Waals surface area (Å²) in [6.45, 7) is 3.74. The minimum Gasteiger partial charge on any atom is -0.369 e. The molecule has 1 N–H and O–H groups in total. The van der Waals surface area contributed by atoms with Gasteiger partial charge in [-0.05, 0) is 19.1 Å². The van der Waals surface area contributed by atoms with Crippen LogP contribution in [0.5, 0.6) is 0 Å². The van der Waals surface area contributed by atoms with E-state index in [1.165, 1.54) is 0 Å². The molecule has 0 radical (unpaired) electrons. The molecule has 0 amide bonds. The van der Waals surface area contributed by atoms with Crippen LogP contribution in [0.2, 0.25) is 0 Å². The quantitative estimate of drug-likeness (QED) is 0.700. The van der Waals surface area contributed by atoms with Crippen molar-refractivity contribution in [1.29, 1.82) is 0 Å². The van der Waals surface area contributed by atoms with Crippen LogP contribution in [0.25, 0.3) is 0 Å². The van der Waals surface area contributed by atoms with E-state index in [2.05, 4.69) is 17.2 Å². The van der Waals surface area contributed by atoms with Gasteiger partial charge < -0.3 is 10.1 Å². The van der Waals surface area contributed by atoms with Gasteiger partial charge in [0.2, 0.25) is 0 Å². The Morgan fingerprint density at radius 1 is 1.54 bits per heavy atom. The third-order valence-electron chi connectivity index (χ3n) is 2.22. The lowest BCUT2D eigenvalue weighted by Gasteiger charge is -2.27. The van der Waals surface area contributed by atoms with Gasteiger partial charge in [0.25, 0.3) is 0 Å². The number of hydrogen-bond donors (Lipinski definition) is 1. The van der Waals surface area contributed by atoms with Crippen LogP contribution < -0.4 is 5.32 Å². The molecule has 1 saturated heterocycles. The third kappa shape index (κ3) is 2.05. The van der Waals surface area contributed by atoms with E-state index in [0.29, 0.717) is 6.04 Å². The average molecular weight is 178 g/mol. The largest absolute Gasteiger partial charge is 0.369 e. The van der Waals surface area contributed by atoms with E-state index in [1.54, 1.807) is 6.20 Å². The zero-order valence-electron chi connectivity index (χ0n) is 7.73. The van der Waals surface area contributed by atoms with Crippen molar-refractivity contribution in [2.45, 2.75) is 19.1 Å². The number of morpholine rings is 1. The number of pyridine rings is 1. The molecular weight excluding hydrogens is 164 g/mol. The van der Waals surface area contributed by atoms with E-state index in [1.807, 2.05) is 18.2 Å². The van der Waals surface area contributed by atoms with Crippen LogP contribution in [0.1, 0.15) is 18.7 Å². The van der Waals surface area contributed by atoms with Crippen LogP contribution in [-0.4, -0.2) is 24.2 Å². The molecule has 0 aromatic carbocycles. The van der Waals surface area contributed by atoms with Crippen LogP contribution in [0.15, 0.2) is 24.4 Å². The zero-order chi connectivity index (χ0) is 9.10. The van der Waals surface area contributed by atoms with Crippen molar-refractivity contribution in [1.82, 2.24) is 10.3 Å². The first kappa shape index (κ1) is 8.66. The predicted molar refractivity (Wildman–Crippen MR) is 50.4 cm³/mol. The smallest absolute Gasteiger partial charge is 0.112 e. The molecule has 1 aromatic heterocycles. The van der Waals surface area contributed by atoms with Gasteiger partial charge >= 0.3 is 0 Å². The Bertz CT molecular complexity index is 255. The van der Waals surface area contributed by atoms with Crippen molar-refractivity contribution < 1.29 is 4.74 Å². The van der Waals surface area contributed by atoms with Crippen molar-refractivity contribution in [3.63, 3.8) is 0 Å². The molecule has 2 heterocycles. The molecule has 70 valence electrons. The molecule has 0 aliphatic carbocycles. The predicted octanol–water partition coefficient (Wildman–Crippen LogP) is 1.13. The topological polar surface area (TPSA) is 34.1 Å². The van der Waals surface area contributed by atoms with Gasteiger partial charge in [0.05, 0.1) is 12.3 Å². The van der Waals surface area contributed by atoms with Gasteiger partial charge in [0, 0.05) is 18.8 Å². The lowest BCUT2D eigenvalue weighted by molar-refractivity contribution is 0.00453. The molecule has 0 saturated carbocycles. The molecule has 0 bridgehead atoms. The summed E-state index contributed by atoms with van der Waals surface area (Å²) >= 11 is 0. The zero-order valence-corrected chi connectivity index (χ0v) is 7.73. The molecular formula is C10H14N2O. The van der Waals surface area contributed by atoms with Gasteiger partial charge in [-0.2, -0.15) is 0 Å². The lowest BCUT2D eigenvalue weighted by atomic mass is 10.2. The van der Waals surface area contributed by atoms with E-state index in [-0.39, 0.29) is 6.10 Å². The highest BCUT2D eigenvalue weighted by Gasteiger charge is 2.19. The maximum atomic E-state index is 5.65. The molecule has 1 aliphatic heterocycles. The minimum atomic E-state index is 0.123. The van der Waals surface area contributed by atoms with E-state index in [9.17, 15) is 0 Å². The number of nitrogens with zero attached hydrogens (tertiary/aromatic N) is 1. The van der Waals surface area contributed by atoms with Crippen molar-refractivity contribution in [2.75, 3.05) is 13.2 Å². The molecule has 1 aromatic rings. The van der Waals surface area contributed by atoms with Crippen molar-refractivity contribution in [2.24, 2.45) is 0 Å². The second-order valence-corrected chi connectivity index (χ2v) is 3.39. The summed E-state index contributed by atoms with van der Waals surface area (Å²) in [7, 11) is 0. The Kier molecular flexibility index (Phi) is 2.57. The second kappa shape index (κ2) is 3.85. The van der Waals surface area contributed by atoms with Gasteiger partial charge in [-0.25, -0.2) is 0 Å². The molecule has 2 rings (SSSR count). The van der Waals surface area contributed by atoms with Gasteiger partial charge in [0.1, 0.15) is 6.10 Å². The summed E-state index contributed by atoms with van der Waals surface area (Å²) in [4.78, 5) is 4.26. The summed E-state index contributed by atoms with van der Waals surface area (Å²) in [6, 6.07) is 6.37. The normalized spacial score (nSPS) is 28.7.